The quantitative estimate of drug-likeness (QED) is 0.791. The van der Waals surface area contributed by atoms with Crippen LogP contribution in [-0.4, -0.2) is 43.6 Å². The van der Waals surface area contributed by atoms with Crippen LogP contribution >= 0.6 is 22.6 Å². The molecular weight excluding hydrogens is 383 g/mol. The first-order valence-electron chi connectivity index (χ1n) is 6.97. The van der Waals surface area contributed by atoms with Gasteiger partial charge in [-0.2, -0.15) is 0 Å². The van der Waals surface area contributed by atoms with Crippen molar-refractivity contribution in [2.24, 2.45) is 5.92 Å². The van der Waals surface area contributed by atoms with Crippen LogP contribution in [0.4, 0.5) is 4.79 Å². The summed E-state index contributed by atoms with van der Waals surface area (Å²) in [6, 6.07) is 7.54. The van der Waals surface area contributed by atoms with E-state index in [1.54, 1.807) is 4.90 Å². The van der Waals surface area contributed by atoms with E-state index in [0.717, 1.165) is 16.4 Å². The van der Waals surface area contributed by atoms with Crippen LogP contribution in [0.25, 0.3) is 0 Å². The largest absolute Gasteiger partial charge is 0.453 e. The summed E-state index contributed by atoms with van der Waals surface area (Å²) in [5.41, 5.74) is 0.713. The molecule has 0 aliphatic carbocycles. The number of nitrogens with one attached hydrogen (secondary N) is 1. The molecule has 6 heteroatoms. The molecule has 1 aromatic carbocycles. The molecule has 1 heterocycles. The van der Waals surface area contributed by atoms with Crippen LogP contribution in [-0.2, 0) is 4.74 Å². The fourth-order valence-electron chi connectivity index (χ4n) is 2.43. The van der Waals surface area contributed by atoms with Gasteiger partial charge in [0.25, 0.3) is 5.91 Å². The average Bonchev–Trinajstić information content (AvgIpc) is 2.52. The van der Waals surface area contributed by atoms with Crippen LogP contribution in [0.3, 0.4) is 0 Å². The van der Waals surface area contributed by atoms with E-state index in [9.17, 15) is 9.59 Å². The van der Waals surface area contributed by atoms with Crippen molar-refractivity contribution < 1.29 is 14.3 Å². The molecule has 0 unspecified atom stereocenters. The van der Waals surface area contributed by atoms with Gasteiger partial charge in [0.1, 0.15) is 0 Å². The highest BCUT2D eigenvalue weighted by Gasteiger charge is 2.23. The van der Waals surface area contributed by atoms with Crippen molar-refractivity contribution in [2.45, 2.75) is 12.8 Å². The molecule has 0 spiro atoms. The maximum atomic E-state index is 12.1. The van der Waals surface area contributed by atoms with E-state index in [-0.39, 0.29) is 12.0 Å². The molecule has 0 aromatic heterocycles. The van der Waals surface area contributed by atoms with Crippen LogP contribution in [0.1, 0.15) is 23.2 Å². The number of amides is 2. The van der Waals surface area contributed by atoms with Gasteiger partial charge in [-0.3, -0.25) is 4.79 Å². The zero-order valence-electron chi connectivity index (χ0n) is 12.0. The molecule has 114 valence electrons. The van der Waals surface area contributed by atoms with Gasteiger partial charge in [-0.15, -0.1) is 0 Å². The molecular formula is C15H19IN2O3. The molecule has 2 rings (SSSR count). The predicted octanol–water partition coefficient (Wildman–Crippen LogP) is 2.50. The topological polar surface area (TPSA) is 58.6 Å². The van der Waals surface area contributed by atoms with Crippen LogP contribution in [0.2, 0.25) is 0 Å². The van der Waals surface area contributed by atoms with Gasteiger partial charge in [-0.05, 0) is 53.5 Å². The summed E-state index contributed by atoms with van der Waals surface area (Å²) in [4.78, 5) is 25.2. The van der Waals surface area contributed by atoms with Crippen molar-refractivity contribution in [3.05, 3.63) is 33.4 Å². The number of ether oxygens (including phenoxy) is 1. The SMILES string of the molecule is COC(=O)N1CCC(CNC(=O)c2ccccc2I)CC1. The highest BCUT2D eigenvalue weighted by Crippen LogP contribution is 2.17. The van der Waals surface area contributed by atoms with Gasteiger partial charge in [0.15, 0.2) is 0 Å². The lowest BCUT2D eigenvalue weighted by Crippen LogP contribution is -2.41. The second kappa shape index (κ2) is 7.63. The first-order chi connectivity index (χ1) is 10.1. The number of benzene rings is 1. The van der Waals surface area contributed by atoms with E-state index in [1.807, 2.05) is 24.3 Å². The van der Waals surface area contributed by atoms with Gasteiger partial charge < -0.3 is 15.0 Å². The Balaban J connectivity index is 1.79. The Morgan fingerprint density at radius 1 is 1.33 bits per heavy atom. The smallest absolute Gasteiger partial charge is 0.409 e. The minimum Gasteiger partial charge on any atom is -0.453 e. The molecule has 1 aliphatic rings. The normalized spacial score (nSPS) is 15.6. The van der Waals surface area contributed by atoms with E-state index in [0.29, 0.717) is 31.1 Å². The molecule has 0 radical (unpaired) electrons. The number of rotatable bonds is 3. The highest BCUT2D eigenvalue weighted by molar-refractivity contribution is 14.1. The summed E-state index contributed by atoms with van der Waals surface area (Å²) in [7, 11) is 1.40. The number of hydrogen-bond acceptors (Lipinski definition) is 3. The average molecular weight is 402 g/mol. The third-order valence-electron chi connectivity index (χ3n) is 3.72. The second-order valence-corrected chi connectivity index (χ2v) is 6.25. The number of methoxy groups -OCH3 is 1. The Morgan fingerprint density at radius 3 is 2.62 bits per heavy atom. The van der Waals surface area contributed by atoms with Crippen molar-refractivity contribution >= 4 is 34.6 Å². The van der Waals surface area contributed by atoms with Crippen LogP contribution < -0.4 is 5.32 Å². The molecule has 1 fully saturated rings. The number of nitrogens with zero attached hydrogens (tertiary/aromatic N) is 1. The van der Waals surface area contributed by atoms with Gasteiger partial charge in [0.2, 0.25) is 0 Å². The molecule has 2 amide bonds. The fourth-order valence-corrected chi connectivity index (χ4v) is 3.06. The summed E-state index contributed by atoms with van der Waals surface area (Å²) in [5, 5.41) is 2.99. The number of carbonyl (C=O) groups is 2. The zero-order valence-corrected chi connectivity index (χ0v) is 14.1. The Hall–Kier alpha value is -1.31. The van der Waals surface area contributed by atoms with E-state index in [4.69, 9.17) is 4.74 Å². The number of piperidine rings is 1. The van der Waals surface area contributed by atoms with Crippen molar-refractivity contribution in [3.8, 4) is 0 Å². The second-order valence-electron chi connectivity index (χ2n) is 5.09. The summed E-state index contributed by atoms with van der Waals surface area (Å²) >= 11 is 2.16. The number of likely N-dealkylation sites (tertiary alicyclic amines) is 1. The van der Waals surface area contributed by atoms with E-state index < -0.39 is 0 Å². The number of carbonyl (C=O) groups excluding carboxylic acids is 2. The van der Waals surface area contributed by atoms with Crippen molar-refractivity contribution in [3.63, 3.8) is 0 Å². The third-order valence-corrected chi connectivity index (χ3v) is 4.66. The summed E-state index contributed by atoms with van der Waals surface area (Å²) in [5.74, 6) is 0.381. The lowest BCUT2D eigenvalue weighted by molar-refractivity contribution is 0.0913. The maximum Gasteiger partial charge on any atom is 0.409 e. The molecule has 0 atom stereocenters. The highest BCUT2D eigenvalue weighted by atomic mass is 127. The molecule has 1 N–H and O–H groups in total. The number of halogens is 1. The minimum atomic E-state index is -0.267. The minimum absolute atomic E-state index is 0.0320. The van der Waals surface area contributed by atoms with Crippen LogP contribution in [0.5, 0.6) is 0 Å². The van der Waals surface area contributed by atoms with Crippen molar-refractivity contribution in [1.82, 2.24) is 10.2 Å². The van der Waals surface area contributed by atoms with E-state index in [2.05, 4.69) is 27.9 Å². The van der Waals surface area contributed by atoms with E-state index in [1.165, 1.54) is 7.11 Å². The van der Waals surface area contributed by atoms with Crippen molar-refractivity contribution in [2.75, 3.05) is 26.7 Å². The van der Waals surface area contributed by atoms with Gasteiger partial charge in [-0.1, -0.05) is 12.1 Å². The Bertz CT molecular complexity index is 513. The van der Waals surface area contributed by atoms with E-state index >= 15 is 0 Å². The van der Waals surface area contributed by atoms with Gasteiger partial charge in [-0.25, -0.2) is 4.79 Å². The summed E-state index contributed by atoms with van der Waals surface area (Å²) in [6.45, 7) is 2.03. The van der Waals surface area contributed by atoms with Gasteiger partial charge in [0.05, 0.1) is 12.7 Å². The Morgan fingerprint density at radius 2 is 2.00 bits per heavy atom. The molecule has 0 bridgehead atoms. The monoisotopic (exact) mass is 402 g/mol. The molecule has 0 saturated carbocycles. The summed E-state index contributed by atoms with van der Waals surface area (Å²) < 4.78 is 5.66. The number of hydrogen-bond donors (Lipinski definition) is 1. The lowest BCUT2D eigenvalue weighted by Gasteiger charge is -2.30. The molecule has 1 saturated heterocycles. The van der Waals surface area contributed by atoms with Crippen LogP contribution in [0, 0.1) is 9.49 Å². The van der Waals surface area contributed by atoms with Gasteiger partial charge in [0, 0.05) is 23.2 Å². The first-order valence-corrected chi connectivity index (χ1v) is 8.05. The Kier molecular flexibility index (Phi) is 5.84. The Labute approximate surface area is 138 Å². The molecule has 21 heavy (non-hydrogen) atoms. The maximum absolute atomic E-state index is 12.1. The lowest BCUT2D eigenvalue weighted by atomic mass is 9.97. The predicted molar refractivity (Wildman–Crippen MR) is 88.2 cm³/mol. The molecule has 1 aliphatic heterocycles. The zero-order chi connectivity index (χ0) is 15.2. The van der Waals surface area contributed by atoms with Crippen LogP contribution in [0.15, 0.2) is 24.3 Å². The third kappa shape index (κ3) is 4.33. The first kappa shape index (κ1) is 16.1. The fraction of sp³-hybridized carbons (Fsp3) is 0.467. The van der Waals surface area contributed by atoms with Gasteiger partial charge >= 0.3 is 6.09 Å². The van der Waals surface area contributed by atoms with Crippen molar-refractivity contribution in [1.29, 1.82) is 0 Å². The standard InChI is InChI=1S/C15H19IN2O3/c1-21-15(20)18-8-6-11(7-9-18)10-17-14(19)12-4-2-3-5-13(12)16/h2-5,11H,6-10H2,1H3,(H,17,19). The molecule has 5 nitrogen and oxygen atoms in total. The summed E-state index contributed by atoms with van der Waals surface area (Å²) in [6.07, 6.45) is 1.51. The molecule has 1 aromatic rings.